The average molecular weight is 221 g/mol. The van der Waals surface area contributed by atoms with Crippen molar-refractivity contribution in [2.45, 2.75) is 13.3 Å². The van der Waals surface area contributed by atoms with Gasteiger partial charge in [-0.2, -0.15) is 4.98 Å². The third kappa shape index (κ3) is 2.56. The molecular formula is C11H12FN3O. The maximum atomic E-state index is 12.9. The first-order valence-electron chi connectivity index (χ1n) is 5.09. The summed E-state index contributed by atoms with van der Waals surface area (Å²) in [5.74, 6) is 0.287. The Morgan fingerprint density at radius 3 is 3.06 bits per heavy atom. The van der Waals surface area contributed by atoms with Gasteiger partial charge >= 0.3 is 6.01 Å². The number of rotatable bonds is 4. The van der Waals surface area contributed by atoms with Crippen LogP contribution in [0.4, 0.5) is 10.4 Å². The minimum absolute atomic E-state index is 0.257. The van der Waals surface area contributed by atoms with E-state index in [1.54, 1.807) is 6.07 Å². The number of anilines is 1. The molecule has 0 aliphatic rings. The van der Waals surface area contributed by atoms with E-state index < -0.39 is 0 Å². The second kappa shape index (κ2) is 4.74. The van der Waals surface area contributed by atoms with Gasteiger partial charge in [0.05, 0.1) is 0 Å². The summed E-state index contributed by atoms with van der Waals surface area (Å²) in [4.78, 5) is 4.11. The number of halogens is 1. The van der Waals surface area contributed by atoms with E-state index in [2.05, 4.69) is 15.5 Å². The van der Waals surface area contributed by atoms with Gasteiger partial charge in [-0.15, -0.1) is 0 Å². The predicted octanol–water partition coefficient (Wildman–Crippen LogP) is 2.23. The molecule has 0 saturated carbocycles. The number of hydrogen-bond acceptors (Lipinski definition) is 4. The van der Waals surface area contributed by atoms with Crippen LogP contribution in [0.1, 0.15) is 18.3 Å². The zero-order valence-corrected chi connectivity index (χ0v) is 8.90. The van der Waals surface area contributed by atoms with Crippen molar-refractivity contribution in [2.24, 2.45) is 0 Å². The van der Waals surface area contributed by atoms with Crippen molar-refractivity contribution in [3.05, 3.63) is 41.5 Å². The molecule has 5 heteroatoms. The quantitative estimate of drug-likeness (QED) is 0.860. The van der Waals surface area contributed by atoms with Crippen molar-refractivity contribution >= 4 is 6.01 Å². The third-order valence-corrected chi connectivity index (χ3v) is 2.05. The molecule has 0 atom stereocenters. The van der Waals surface area contributed by atoms with E-state index in [1.165, 1.54) is 12.1 Å². The van der Waals surface area contributed by atoms with Crippen molar-refractivity contribution in [3.63, 3.8) is 0 Å². The molecule has 0 saturated heterocycles. The topological polar surface area (TPSA) is 51.0 Å². The van der Waals surface area contributed by atoms with Gasteiger partial charge in [-0.1, -0.05) is 17.3 Å². The molecule has 0 radical (unpaired) electrons. The van der Waals surface area contributed by atoms with Gasteiger partial charge in [0.25, 0.3) is 0 Å². The monoisotopic (exact) mass is 221 g/mol. The Bertz CT molecular complexity index is 470. The number of aromatic nitrogens is 2. The molecule has 84 valence electrons. The van der Waals surface area contributed by atoms with Crippen molar-refractivity contribution in [2.75, 3.05) is 11.9 Å². The molecule has 1 N–H and O–H groups in total. The average Bonchev–Trinajstić information content (AvgIpc) is 2.66. The molecule has 0 amide bonds. The van der Waals surface area contributed by atoms with Crippen molar-refractivity contribution in [1.82, 2.24) is 10.1 Å². The Hall–Kier alpha value is -1.91. The Morgan fingerprint density at radius 1 is 1.44 bits per heavy atom. The van der Waals surface area contributed by atoms with Crippen LogP contribution >= 0.6 is 0 Å². The largest absolute Gasteiger partial charge is 0.338 e. The Labute approximate surface area is 92.5 Å². The van der Waals surface area contributed by atoms with Crippen LogP contribution < -0.4 is 5.32 Å². The summed E-state index contributed by atoms with van der Waals surface area (Å²) in [6.07, 6.45) is 0.465. The Balaban J connectivity index is 2.08. The third-order valence-electron chi connectivity index (χ3n) is 2.05. The van der Waals surface area contributed by atoms with Crippen molar-refractivity contribution < 1.29 is 8.91 Å². The van der Waals surface area contributed by atoms with Crippen LogP contribution in [-0.4, -0.2) is 16.7 Å². The molecule has 0 aliphatic heterocycles. The van der Waals surface area contributed by atoms with Crippen molar-refractivity contribution in [3.8, 4) is 0 Å². The second-order valence-electron chi connectivity index (χ2n) is 3.35. The fourth-order valence-electron chi connectivity index (χ4n) is 1.38. The van der Waals surface area contributed by atoms with Crippen LogP contribution in [0.3, 0.4) is 0 Å². The highest BCUT2D eigenvalue weighted by atomic mass is 19.1. The molecular weight excluding hydrogens is 209 g/mol. The summed E-state index contributed by atoms with van der Waals surface area (Å²) in [6, 6.07) is 6.75. The summed E-state index contributed by atoms with van der Waals surface area (Å²) in [7, 11) is 0. The lowest BCUT2D eigenvalue weighted by Gasteiger charge is -1.96. The van der Waals surface area contributed by atoms with E-state index in [4.69, 9.17) is 4.52 Å². The summed E-state index contributed by atoms with van der Waals surface area (Å²) in [6.45, 7) is 2.66. The van der Waals surface area contributed by atoms with Gasteiger partial charge in [0.2, 0.25) is 0 Å². The van der Waals surface area contributed by atoms with Gasteiger partial charge in [0.1, 0.15) is 5.82 Å². The molecule has 1 aromatic carbocycles. The van der Waals surface area contributed by atoms with Crippen LogP contribution in [0.5, 0.6) is 0 Å². The van der Waals surface area contributed by atoms with Gasteiger partial charge in [0.15, 0.2) is 5.82 Å². The highest BCUT2D eigenvalue weighted by Crippen LogP contribution is 2.10. The Kier molecular flexibility index (Phi) is 3.14. The van der Waals surface area contributed by atoms with E-state index in [0.717, 1.165) is 12.1 Å². The summed E-state index contributed by atoms with van der Waals surface area (Å²) < 4.78 is 17.9. The van der Waals surface area contributed by atoms with E-state index >= 15 is 0 Å². The number of nitrogens with one attached hydrogen (secondary N) is 1. The minimum Gasteiger partial charge on any atom is -0.338 e. The lowest BCUT2D eigenvalue weighted by Crippen LogP contribution is -1.97. The molecule has 2 rings (SSSR count). The fourth-order valence-corrected chi connectivity index (χ4v) is 1.38. The summed E-state index contributed by atoms with van der Waals surface area (Å²) in [5, 5.41) is 6.70. The van der Waals surface area contributed by atoms with Gasteiger partial charge in [-0.3, -0.25) is 0 Å². The van der Waals surface area contributed by atoms with E-state index in [-0.39, 0.29) is 5.82 Å². The maximum absolute atomic E-state index is 12.9. The first kappa shape index (κ1) is 10.6. The molecule has 0 spiro atoms. The minimum atomic E-state index is -0.257. The van der Waals surface area contributed by atoms with Gasteiger partial charge in [0, 0.05) is 13.0 Å². The number of nitrogens with zero attached hydrogens (tertiary/aromatic N) is 2. The molecule has 2 aromatic rings. The zero-order chi connectivity index (χ0) is 11.4. The summed E-state index contributed by atoms with van der Waals surface area (Å²) in [5.41, 5.74) is 0.823. The second-order valence-corrected chi connectivity index (χ2v) is 3.35. The zero-order valence-electron chi connectivity index (χ0n) is 8.90. The van der Waals surface area contributed by atoms with E-state index in [0.29, 0.717) is 18.3 Å². The first-order valence-corrected chi connectivity index (χ1v) is 5.09. The maximum Gasteiger partial charge on any atom is 0.321 e. The standard InChI is InChI=1S/C11H12FN3O/c1-2-13-11-14-10(15-16-11)7-8-4-3-5-9(12)6-8/h3-6H,2,7H2,1H3,(H,13,14,15). The highest BCUT2D eigenvalue weighted by Gasteiger charge is 2.06. The predicted molar refractivity (Wildman–Crippen MR) is 57.7 cm³/mol. The van der Waals surface area contributed by atoms with Crippen LogP contribution in [0.15, 0.2) is 28.8 Å². The smallest absolute Gasteiger partial charge is 0.321 e. The Morgan fingerprint density at radius 2 is 2.31 bits per heavy atom. The molecule has 0 unspecified atom stereocenters. The summed E-state index contributed by atoms with van der Waals surface area (Å²) >= 11 is 0. The van der Waals surface area contributed by atoms with E-state index in [9.17, 15) is 4.39 Å². The van der Waals surface area contributed by atoms with Crippen LogP contribution in [0, 0.1) is 5.82 Å². The van der Waals surface area contributed by atoms with Crippen molar-refractivity contribution in [1.29, 1.82) is 0 Å². The van der Waals surface area contributed by atoms with Crippen LogP contribution in [0.2, 0.25) is 0 Å². The molecule has 4 nitrogen and oxygen atoms in total. The number of hydrogen-bond donors (Lipinski definition) is 1. The lowest BCUT2D eigenvalue weighted by atomic mass is 10.1. The highest BCUT2D eigenvalue weighted by molar-refractivity contribution is 5.23. The van der Waals surface area contributed by atoms with Crippen LogP contribution in [-0.2, 0) is 6.42 Å². The van der Waals surface area contributed by atoms with Gasteiger partial charge in [-0.05, 0) is 24.6 Å². The first-order chi connectivity index (χ1) is 7.78. The molecule has 1 heterocycles. The molecule has 0 aliphatic carbocycles. The van der Waals surface area contributed by atoms with E-state index in [1.807, 2.05) is 13.0 Å². The number of benzene rings is 1. The normalized spacial score (nSPS) is 10.4. The molecule has 16 heavy (non-hydrogen) atoms. The molecule has 1 aromatic heterocycles. The molecule has 0 bridgehead atoms. The lowest BCUT2D eigenvalue weighted by molar-refractivity contribution is 0.424. The van der Waals surface area contributed by atoms with Gasteiger partial charge < -0.3 is 9.84 Å². The van der Waals surface area contributed by atoms with Crippen LogP contribution in [0.25, 0.3) is 0 Å². The molecule has 0 fully saturated rings. The van der Waals surface area contributed by atoms with Gasteiger partial charge in [-0.25, -0.2) is 4.39 Å². The SMILES string of the molecule is CCNc1nc(Cc2cccc(F)c2)no1. The fraction of sp³-hybridized carbons (Fsp3) is 0.273.